The highest BCUT2D eigenvalue weighted by molar-refractivity contribution is 4.84. The standard InChI is InChI=1S/C12H24N2.2C2H6/c1-12(4-8-14-9-5-12)10-11-2-6-13-7-3-11;2*1-2/h11,13-14H,2-10H2,1H3;2*1-2H3. The Labute approximate surface area is 115 Å². The fourth-order valence-corrected chi connectivity index (χ4v) is 3.02. The molecule has 0 aromatic rings. The first-order valence-corrected chi connectivity index (χ1v) is 8.20. The molecule has 0 bridgehead atoms. The highest BCUT2D eigenvalue weighted by atomic mass is 14.9. The van der Waals surface area contributed by atoms with E-state index in [0.717, 1.165) is 5.92 Å². The van der Waals surface area contributed by atoms with Gasteiger partial charge in [0.15, 0.2) is 0 Å². The van der Waals surface area contributed by atoms with Crippen LogP contribution in [0.4, 0.5) is 0 Å². The number of nitrogens with one attached hydrogen (secondary N) is 2. The van der Waals surface area contributed by atoms with Crippen LogP contribution in [-0.2, 0) is 0 Å². The minimum Gasteiger partial charge on any atom is -0.317 e. The molecule has 0 saturated carbocycles. The SMILES string of the molecule is CC.CC.CC1(CC2CCNCC2)CCNCC1. The second-order valence-corrected chi connectivity index (χ2v) is 5.46. The lowest BCUT2D eigenvalue weighted by Crippen LogP contribution is -2.38. The molecule has 0 spiro atoms. The monoisotopic (exact) mass is 256 g/mol. The van der Waals surface area contributed by atoms with Crippen molar-refractivity contribution in [1.82, 2.24) is 10.6 Å². The van der Waals surface area contributed by atoms with Crippen molar-refractivity contribution in [1.29, 1.82) is 0 Å². The lowest BCUT2D eigenvalue weighted by atomic mass is 9.72. The minimum absolute atomic E-state index is 0.646. The highest BCUT2D eigenvalue weighted by Crippen LogP contribution is 2.37. The average molecular weight is 256 g/mol. The molecule has 0 atom stereocenters. The van der Waals surface area contributed by atoms with Gasteiger partial charge >= 0.3 is 0 Å². The van der Waals surface area contributed by atoms with Gasteiger partial charge in [-0.3, -0.25) is 0 Å². The fraction of sp³-hybridized carbons (Fsp3) is 1.00. The third kappa shape index (κ3) is 6.75. The molecular weight excluding hydrogens is 220 g/mol. The van der Waals surface area contributed by atoms with Gasteiger partial charge in [0.1, 0.15) is 0 Å². The van der Waals surface area contributed by atoms with E-state index in [1.807, 2.05) is 27.7 Å². The summed E-state index contributed by atoms with van der Waals surface area (Å²) in [7, 11) is 0. The number of rotatable bonds is 2. The number of hydrogen-bond donors (Lipinski definition) is 2. The second kappa shape index (κ2) is 10.8. The van der Waals surface area contributed by atoms with E-state index in [1.165, 1.54) is 58.3 Å². The van der Waals surface area contributed by atoms with Crippen molar-refractivity contribution < 1.29 is 0 Å². The van der Waals surface area contributed by atoms with Crippen LogP contribution in [0.2, 0.25) is 0 Å². The number of hydrogen-bond acceptors (Lipinski definition) is 2. The molecule has 0 aromatic heterocycles. The Bertz CT molecular complexity index is 168. The summed E-state index contributed by atoms with van der Waals surface area (Å²) in [6, 6.07) is 0. The highest BCUT2D eigenvalue weighted by Gasteiger charge is 2.30. The lowest BCUT2D eigenvalue weighted by molar-refractivity contribution is 0.158. The molecule has 2 rings (SSSR count). The summed E-state index contributed by atoms with van der Waals surface area (Å²) in [5.74, 6) is 0.999. The van der Waals surface area contributed by atoms with E-state index in [4.69, 9.17) is 0 Å². The van der Waals surface area contributed by atoms with Crippen molar-refractivity contribution in [2.24, 2.45) is 11.3 Å². The third-order valence-corrected chi connectivity index (χ3v) is 4.05. The molecule has 2 saturated heterocycles. The van der Waals surface area contributed by atoms with Gasteiger partial charge < -0.3 is 10.6 Å². The predicted molar refractivity (Wildman–Crippen MR) is 83.1 cm³/mol. The lowest BCUT2D eigenvalue weighted by Gasteiger charge is -2.38. The first-order chi connectivity index (χ1) is 8.79. The first-order valence-electron chi connectivity index (χ1n) is 8.20. The third-order valence-electron chi connectivity index (χ3n) is 4.05. The van der Waals surface area contributed by atoms with E-state index < -0.39 is 0 Å². The van der Waals surface area contributed by atoms with Crippen molar-refractivity contribution in [3.63, 3.8) is 0 Å². The van der Waals surface area contributed by atoms with Crippen LogP contribution in [0.5, 0.6) is 0 Å². The Hall–Kier alpha value is -0.0800. The largest absolute Gasteiger partial charge is 0.317 e. The van der Waals surface area contributed by atoms with E-state index in [9.17, 15) is 0 Å². The molecule has 0 amide bonds. The molecule has 0 unspecified atom stereocenters. The minimum atomic E-state index is 0.646. The molecule has 0 aliphatic carbocycles. The molecule has 2 fully saturated rings. The van der Waals surface area contributed by atoms with Gasteiger partial charge in [0, 0.05) is 0 Å². The van der Waals surface area contributed by atoms with E-state index in [0.29, 0.717) is 5.41 Å². The maximum Gasteiger partial charge on any atom is -0.00437 e. The first kappa shape index (κ1) is 17.9. The molecule has 2 aliphatic rings. The number of piperidine rings is 2. The Morgan fingerprint density at radius 1 is 0.833 bits per heavy atom. The normalized spacial score (nSPS) is 23.2. The zero-order valence-electron chi connectivity index (χ0n) is 13.4. The summed E-state index contributed by atoms with van der Waals surface area (Å²) in [6.07, 6.45) is 7.05. The second-order valence-electron chi connectivity index (χ2n) is 5.46. The van der Waals surface area contributed by atoms with Gasteiger partial charge in [-0.25, -0.2) is 0 Å². The van der Waals surface area contributed by atoms with Crippen molar-refractivity contribution in [2.75, 3.05) is 26.2 Å². The van der Waals surface area contributed by atoms with Gasteiger partial charge in [-0.2, -0.15) is 0 Å². The fourth-order valence-electron chi connectivity index (χ4n) is 3.02. The topological polar surface area (TPSA) is 24.1 Å². The molecule has 18 heavy (non-hydrogen) atoms. The van der Waals surface area contributed by atoms with E-state index in [-0.39, 0.29) is 0 Å². The van der Waals surface area contributed by atoms with Gasteiger partial charge in [-0.05, 0) is 69.6 Å². The Morgan fingerprint density at radius 3 is 1.78 bits per heavy atom. The smallest absolute Gasteiger partial charge is 0.00437 e. The molecule has 0 aromatic carbocycles. The molecular formula is C16H36N2. The van der Waals surface area contributed by atoms with E-state index in [1.54, 1.807) is 0 Å². The van der Waals surface area contributed by atoms with Gasteiger partial charge in [0.05, 0.1) is 0 Å². The molecule has 2 heteroatoms. The average Bonchev–Trinajstić information content (AvgIpc) is 2.45. The molecule has 0 radical (unpaired) electrons. The van der Waals surface area contributed by atoms with Crippen LogP contribution in [0.1, 0.15) is 66.7 Å². The summed E-state index contributed by atoms with van der Waals surface area (Å²) < 4.78 is 0. The van der Waals surface area contributed by atoms with Gasteiger partial charge in [-0.1, -0.05) is 34.6 Å². The van der Waals surface area contributed by atoms with Crippen LogP contribution >= 0.6 is 0 Å². The zero-order valence-corrected chi connectivity index (χ0v) is 13.4. The van der Waals surface area contributed by atoms with Crippen LogP contribution in [0.25, 0.3) is 0 Å². The van der Waals surface area contributed by atoms with Crippen molar-refractivity contribution in [3.05, 3.63) is 0 Å². The summed E-state index contributed by atoms with van der Waals surface area (Å²) in [4.78, 5) is 0. The maximum absolute atomic E-state index is 3.46. The van der Waals surface area contributed by atoms with Crippen molar-refractivity contribution in [3.8, 4) is 0 Å². The van der Waals surface area contributed by atoms with Crippen LogP contribution in [-0.4, -0.2) is 26.2 Å². The van der Waals surface area contributed by atoms with Gasteiger partial charge in [0.25, 0.3) is 0 Å². The van der Waals surface area contributed by atoms with Crippen LogP contribution < -0.4 is 10.6 Å². The quantitative estimate of drug-likeness (QED) is 0.785. The Balaban J connectivity index is 0.000000659. The summed E-state index contributed by atoms with van der Waals surface area (Å²) in [5.41, 5.74) is 0.646. The van der Waals surface area contributed by atoms with Crippen molar-refractivity contribution >= 4 is 0 Å². The van der Waals surface area contributed by atoms with Crippen LogP contribution in [0.3, 0.4) is 0 Å². The molecule has 110 valence electrons. The van der Waals surface area contributed by atoms with Crippen LogP contribution in [0.15, 0.2) is 0 Å². The molecule has 2 N–H and O–H groups in total. The van der Waals surface area contributed by atoms with Gasteiger partial charge in [-0.15, -0.1) is 0 Å². The predicted octanol–water partition coefficient (Wildman–Crippen LogP) is 3.82. The summed E-state index contributed by atoms with van der Waals surface area (Å²) in [6.45, 7) is 15.5. The molecule has 2 nitrogen and oxygen atoms in total. The summed E-state index contributed by atoms with van der Waals surface area (Å²) >= 11 is 0. The van der Waals surface area contributed by atoms with E-state index >= 15 is 0 Å². The summed E-state index contributed by atoms with van der Waals surface area (Å²) in [5, 5.41) is 6.92. The molecule has 2 aliphatic heterocycles. The van der Waals surface area contributed by atoms with Gasteiger partial charge in [0.2, 0.25) is 0 Å². The van der Waals surface area contributed by atoms with Crippen LogP contribution in [0, 0.1) is 11.3 Å². The van der Waals surface area contributed by atoms with Crippen molar-refractivity contribution in [2.45, 2.75) is 66.7 Å². The Kier molecular flexibility index (Phi) is 10.8. The van der Waals surface area contributed by atoms with E-state index in [2.05, 4.69) is 17.6 Å². The Morgan fingerprint density at radius 2 is 1.28 bits per heavy atom. The molecule has 2 heterocycles. The zero-order chi connectivity index (χ0) is 13.9. The maximum atomic E-state index is 3.46.